The fourth-order valence-electron chi connectivity index (χ4n) is 2.55. The van der Waals surface area contributed by atoms with E-state index in [4.69, 9.17) is 23.2 Å². The summed E-state index contributed by atoms with van der Waals surface area (Å²) in [4.78, 5) is 32.2. The maximum absolute atomic E-state index is 14.0. The Morgan fingerprint density at radius 2 is 1.46 bits per heavy atom. The molecule has 148 valence electrons. The van der Waals surface area contributed by atoms with Crippen LogP contribution in [-0.2, 0) is 0 Å². The van der Waals surface area contributed by atoms with Gasteiger partial charge in [-0.25, -0.2) is 4.39 Å². The molecule has 0 radical (unpaired) electrons. The van der Waals surface area contributed by atoms with E-state index in [1.54, 1.807) is 6.92 Å². The van der Waals surface area contributed by atoms with Gasteiger partial charge in [-0.2, -0.15) is 0 Å². The summed E-state index contributed by atoms with van der Waals surface area (Å²) >= 11 is 11.8. The number of anilines is 2. The van der Waals surface area contributed by atoms with Crippen LogP contribution in [0.3, 0.4) is 0 Å². The van der Waals surface area contributed by atoms with Crippen molar-refractivity contribution in [3.05, 3.63) is 70.5 Å². The lowest BCUT2D eigenvalue weighted by molar-refractivity contribution is -0.402. The van der Waals surface area contributed by atoms with E-state index in [1.165, 1.54) is 0 Å². The molecule has 0 aliphatic heterocycles. The molecule has 10 nitrogen and oxygen atoms in total. The van der Waals surface area contributed by atoms with E-state index in [9.17, 15) is 34.7 Å². The Labute approximate surface area is 166 Å². The smallest absolute Gasteiger partial charge is 0.306 e. The molecule has 0 fully saturated rings. The van der Waals surface area contributed by atoms with Crippen molar-refractivity contribution >= 4 is 51.6 Å². The number of nitro benzene ring substituents is 3. The van der Waals surface area contributed by atoms with Crippen LogP contribution >= 0.6 is 23.2 Å². The van der Waals surface area contributed by atoms with Crippen LogP contribution in [0, 0.1) is 36.2 Å². The Morgan fingerprint density at radius 1 is 0.929 bits per heavy atom. The standard InChI is InChI=1S/C15H11Cl2FN4O6/c1-2-3-19(12-7-11(18)9(16)6-10(12)17)15-13(21(25)26)4-8(20(23)24)5-14(15)22(27)28/h4-7H,2-3H2,1H3. The van der Waals surface area contributed by atoms with Crippen molar-refractivity contribution in [3.63, 3.8) is 0 Å². The first-order valence-corrected chi connectivity index (χ1v) is 8.37. The number of nitrogens with zero attached hydrogens (tertiary/aromatic N) is 4. The van der Waals surface area contributed by atoms with Gasteiger partial charge in [0.15, 0.2) is 5.69 Å². The van der Waals surface area contributed by atoms with Crippen molar-refractivity contribution in [1.29, 1.82) is 0 Å². The molecule has 0 saturated carbocycles. The molecule has 0 aliphatic rings. The van der Waals surface area contributed by atoms with E-state index >= 15 is 0 Å². The summed E-state index contributed by atoms with van der Waals surface area (Å²) in [6.07, 6.45) is 0.339. The molecule has 2 aromatic rings. The van der Waals surface area contributed by atoms with Crippen molar-refractivity contribution in [2.45, 2.75) is 13.3 Å². The summed E-state index contributed by atoms with van der Waals surface area (Å²) in [5, 5.41) is 33.7. The quantitative estimate of drug-likeness (QED) is 0.324. The molecular weight excluding hydrogens is 422 g/mol. The Balaban J connectivity index is 2.90. The largest absolute Gasteiger partial charge is 0.329 e. The van der Waals surface area contributed by atoms with Gasteiger partial charge in [-0.3, -0.25) is 30.3 Å². The van der Waals surface area contributed by atoms with Crippen molar-refractivity contribution in [2.24, 2.45) is 0 Å². The molecule has 0 saturated heterocycles. The molecule has 0 N–H and O–H groups in total. The number of hydrogen-bond acceptors (Lipinski definition) is 7. The maximum Gasteiger partial charge on any atom is 0.306 e. The van der Waals surface area contributed by atoms with Gasteiger partial charge in [0.05, 0.1) is 42.6 Å². The highest BCUT2D eigenvalue weighted by Crippen LogP contribution is 2.46. The average Bonchev–Trinajstić information content (AvgIpc) is 2.61. The second kappa shape index (κ2) is 8.31. The average molecular weight is 433 g/mol. The van der Waals surface area contributed by atoms with Gasteiger partial charge in [0.2, 0.25) is 0 Å². The zero-order valence-corrected chi connectivity index (χ0v) is 15.6. The monoisotopic (exact) mass is 432 g/mol. The summed E-state index contributed by atoms with van der Waals surface area (Å²) in [6, 6.07) is 3.14. The molecule has 0 amide bonds. The van der Waals surface area contributed by atoms with Crippen molar-refractivity contribution in [3.8, 4) is 0 Å². The van der Waals surface area contributed by atoms with E-state index in [2.05, 4.69) is 0 Å². The second-order valence-corrected chi connectivity index (χ2v) is 6.29. The first-order valence-electron chi connectivity index (χ1n) is 7.61. The molecule has 13 heteroatoms. The topological polar surface area (TPSA) is 133 Å². The van der Waals surface area contributed by atoms with Crippen molar-refractivity contribution in [2.75, 3.05) is 11.4 Å². The predicted molar refractivity (Wildman–Crippen MR) is 100 cm³/mol. The van der Waals surface area contributed by atoms with Crippen LogP contribution in [0.15, 0.2) is 24.3 Å². The molecular formula is C15H11Cl2FN4O6. The second-order valence-electron chi connectivity index (χ2n) is 5.47. The number of nitro groups is 3. The molecule has 0 spiro atoms. The lowest BCUT2D eigenvalue weighted by Gasteiger charge is -2.25. The molecule has 2 aromatic carbocycles. The van der Waals surface area contributed by atoms with Crippen LogP contribution in [0.25, 0.3) is 0 Å². The van der Waals surface area contributed by atoms with Gasteiger partial charge in [-0.15, -0.1) is 0 Å². The van der Waals surface area contributed by atoms with E-state index in [0.29, 0.717) is 18.6 Å². The minimum atomic E-state index is -0.988. The summed E-state index contributed by atoms with van der Waals surface area (Å²) < 4.78 is 14.0. The Bertz CT molecular complexity index is 952. The number of rotatable bonds is 7. The highest BCUT2D eigenvalue weighted by Gasteiger charge is 2.35. The molecule has 0 aromatic heterocycles. The molecule has 0 atom stereocenters. The Kier molecular flexibility index (Phi) is 6.31. The summed E-state index contributed by atoms with van der Waals surface area (Å²) in [5.74, 6) is -0.894. The molecule has 28 heavy (non-hydrogen) atoms. The third-order valence-electron chi connectivity index (χ3n) is 3.66. The molecule has 2 rings (SSSR count). The molecule has 0 bridgehead atoms. The van der Waals surface area contributed by atoms with Crippen LogP contribution in [-0.4, -0.2) is 21.3 Å². The lowest BCUT2D eigenvalue weighted by Crippen LogP contribution is -2.21. The Hall–Kier alpha value is -3.05. The fraction of sp³-hybridized carbons (Fsp3) is 0.200. The van der Waals surface area contributed by atoms with E-state index in [1.807, 2.05) is 0 Å². The van der Waals surface area contributed by atoms with Crippen LogP contribution in [0.4, 0.5) is 32.8 Å². The van der Waals surface area contributed by atoms with Gasteiger partial charge in [0.25, 0.3) is 5.69 Å². The number of hydrogen-bond donors (Lipinski definition) is 0. The molecule has 0 unspecified atom stereocenters. The van der Waals surface area contributed by atoms with Crippen LogP contribution < -0.4 is 4.90 Å². The number of non-ortho nitro benzene ring substituents is 1. The zero-order valence-electron chi connectivity index (χ0n) is 14.1. The highest BCUT2D eigenvalue weighted by molar-refractivity contribution is 6.36. The van der Waals surface area contributed by atoms with E-state index in [-0.39, 0.29) is 22.3 Å². The van der Waals surface area contributed by atoms with Crippen LogP contribution in [0.1, 0.15) is 13.3 Å². The van der Waals surface area contributed by atoms with Crippen LogP contribution in [0.2, 0.25) is 10.0 Å². The van der Waals surface area contributed by atoms with Gasteiger partial charge in [-0.05, 0) is 12.5 Å². The summed E-state index contributed by atoms with van der Waals surface area (Å²) in [7, 11) is 0. The number of halogens is 3. The molecule has 0 heterocycles. The third kappa shape index (κ3) is 4.10. The van der Waals surface area contributed by atoms with Crippen molar-refractivity contribution in [1.82, 2.24) is 0 Å². The minimum absolute atomic E-state index is 0.0275. The fourth-order valence-corrected chi connectivity index (χ4v) is 3.03. The number of benzene rings is 2. The molecule has 0 aliphatic carbocycles. The van der Waals surface area contributed by atoms with Crippen molar-refractivity contribution < 1.29 is 19.2 Å². The zero-order chi connectivity index (χ0) is 21.2. The predicted octanol–water partition coefficient (Wildman–Crippen LogP) is 5.41. The van der Waals surface area contributed by atoms with Gasteiger partial charge >= 0.3 is 11.4 Å². The summed E-state index contributed by atoms with van der Waals surface area (Å²) in [6.45, 7) is 1.65. The van der Waals surface area contributed by atoms with E-state index in [0.717, 1.165) is 17.0 Å². The normalized spacial score (nSPS) is 10.6. The van der Waals surface area contributed by atoms with Crippen LogP contribution in [0.5, 0.6) is 0 Å². The SMILES string of the molecule is CCCN(c1cc(F)c(Cl)cc1Cl)c1c([N+](=O)[O-])cc([N+](=O)[O-])cc1[N+](=O)[O-]. The van der Waals surface area contributed by atoms with Gasteiger partial charge in [0, 0.05) is 12.6 Å². The van der Waals surface area contributed by atoms with Gasteiger partial charge < -0.3 is 4.90 Å². The minimum Gasteiger partial charge on any atom is -0.329 e. The summed E-state index contributed by atoms with van der Waals surface area (Å²) in [5.41, 5.74) is -3.26. The maximum atomic E-state index is 14.0. The van der Waals surface area contributed by atoms with Gasteiger partial charge in [0.1, 0.15) is 5.82 Å². The lowest BCUT2D eigenvalue weighted by atomic mass is 10.1. The first-order chi connectivity index (χ1) is 13.1. The first kappa shape index (κ1) is 21.3. The van der Waals surface area contributed by atoms with Gasteiger partial charge in [-0.1, -0.05) is 30.1 Å². The highest BCUT2D eigenvalue weighted by atomic mass is 35.5. The Morgan fingerprint density at radius 3 is 1.89 bits per heavy atom. The third-order valence-corrected chi connectivity index (χ3v) is 4.25. The van der Waals surface area contributed by atoms with E-state index < -0.39 is 43.3 Å².